The Morgan fingerprint density at radius 1 is 1.31 bits per heavy atom. The van der Waals surface area contributed by atoms with Crippen molar-refractivity contribution in [1.82, 2.24) is 9.97 Å². The Morgan fingerprint density at radius 2 is 2.00 bits per heavy atom. The number of hydrogen-bond acceptors (Lipinski definition) is 4. The fourth-order valence-electron chi connectivity index (χ4n) is 2.18. The summed E-state index contributed by atoms with van der Waals surface area (Å²) >= 11 is 3.18. The lowest BCUT2D eigenvalue weighted by Crippen LogP contribution is -2.30. The van der Waals surface area contributed by atoms with E-state index in [4.69, 9.17) is 5.11 Å². The first-order valence-corrected chi connectivity index (χ1v) is 8.20. The van der Waals surface area contributed by atoms with E-state index in [0.29, 0.717) is 4.47 Å². The summed E-state index contributed by atoms with van der Waals surface area (Å²) in [5.74, 6) is -2.52. The molecule has 0 spiro atoms. The molecule has 0 aliphatic heterocycles. The van der Waals surface area contributed by atoms with Gasteiger partial charge >= 0.3 is 6.18 Å². The number of pyridine rings is 2. The lowest BCUT2D eigenvalue weighted by Gasteiger charge is -2.19. The predicted octanol–water partition coefficient (Wildman–Crippen LogP) is 4.05. The summed E-state index contributed by atoms with van der Waals surface area (Å²) in [4.78, 5) is 19.5. The number of carbonyl (C=O) groups excluding carboxylic acids is 1. The Labute approximate surface area is 154 Å². The fraction of sp³-hybridized carbons (Fsp3) is 0.312. The third-order valence-electron chi connectivity index (χ3n) is 3.57. The minimum absolute atomic E-state index is 0.0969. The zero-order valence-electron chi connectivity index (χ0n) is 13.4. The van der Waals surface area contributed by atoms with E-state index in [0.717, 1.165) is 6.20 Å². The first kappa shape index (κ1) is 20.2. The molecule has 0 aliphatic rings. The first-order valence-electron chi connectivity index (χ1n) is 7.41. The summed E-state index contributed by atoms with van der Waals surface area (Å²) in [6.45, 7) is 1.33. The van der Waals surface area contributed by atoms with Crippen molar-refractivity contribution in [2.24, 2.45) is 0 Å². The van der Waals surface area contributed by atoms with Gasteiger partial charge in [0, 0.05) is 16.2 Å². The number of nitrogens with one attached hydrogen (secondary N) is 1. The van der Waals surface area contributed by atoms with Crippen LogP contribution in [0.4, 0.5) is 23.2 Å². The highest BCUT2D eigenvalue weighted by Gasteiger charge is 2.39. The van der Waals surface area contributed by atoms with Crippen LogP contribution in [0.3, 0.4) is 0 Å². The third-order valence-corrected chi connectivity index (χ3v) is 4.04. The van der Waals surface area contributed by atoms with Crippen LogP contribution in [0, 0.1) is 5.95 Å². The van der Waals surface area contributed by atoms with Gasteiger partial charge in [-0.3, -0.25) is 4.79 Å². The van der Waals surface area contributed by atoms with Gasteiger partial charge in [0.1, 0.15) is 11.8 Å². The molecule has 140 valence electrons. The van der Waals surface area contributed by atoms with Crippen LogP contribution in [0.1, 0.15) is 35.3 Å². The van der Waals surface area contributed by atoms with Crippen molar-refractivity contribution in [3.8, 4) is 0 Å². The Kier molecular flexibility index (Phi) is 6.30. The number of aliphatic hydroxyl groups is 1. The van der Waals surface area contributed by atoms with Gasteiger partial charge in [-0.1, -0.05) is 6.92 Å². The second-order valence-electron chi connectivity index (χ2n) is 5.61. The Morgan fingerprint density at radius 3 is 2.58 bits per heavy atom. The molecule has 5 nitrogen and oxygen atoms in total. The number of hydrogen-bond donors (Lipinski definition) is 2. The van der Waals surface area contributed by atoms with E-state index in [1.807, 2.05) is 0 Å². The molecule has 2 atom stereocenters. The molecule has 1 unspecified atom stereocenters. The SMILES string of the molecule is C[C@H](CC(O)C(F)(F)F)c1cc(NC(=O)c2ccc(Br)cn2)cnc1F. The van der Waals surface area contributed by atoms with Crippen molar-refractivity contribution < 1.29 is 27.5 Å². The van der Waals surface area contributed by atoms with Gasteiger partial charge in [-0.2, -0.15) is 17.6 Å². The number of alkyl halides is 3. The highest BCUT2D eigenvalue weighted by atomic mass is 79.9. The summed E-state index contributed by atoms with van der Waals surface area (Å²) in [5.41, 5.74) is 0.0546. The topological polar surface area (TPSA) is 75.1 Å². The predicted molar refractivity (Wildman–Crippen MR) is 89.2 cm³/mol. The molecule has 0 saturated carbocycles. The van der Waals surface area contributed by atoms with Gasteiger partial charge in [0.05, 0.1) is 11.9 Å². The minimum Gasteiger partial charge on any atom is -0.384 e. The fourth-order valence-corrected chi connectivity index (χ4v) is 2.41. The smallest absolute Gasteiger partial charge is 0.384 e. The average molecular weight is 436 g/mol. The number of aromatic nitrogens is 2. The Hall–Kier alpha value is -2.07. The monoisotopic (exact) mass is 435 g/mol. The van der Waals surface area contributed by atoms with Crippen molar-refractivity contribution in [3.63, 3.8) is 0 Å². The average Bonchev–Trinajstić information content (AvgIpc) is 2.56. The molecular formula is C16H14BrF4N3O2. The molecule has 0 aromatic carbocycles. The molecule has 2 rings (SSSR count). The summed E-state index contributed by atoms with van der Waals surface area (Å²) in [6.07, 6.45) is -5.64. The van der Waals surface area contributed by atoms with E-state index >= 15 is 0 Å². The zero-order valence-corrected chi connectivity index (χ0v) is 15.0. The van der Waals surface area contributed by atoms with Gasteiger partial charge in [0.25, 0.3) is 5.91 Å². The number of carbonyl (C=O) groups is 1. The number of rotatable bonds is 5. The van der Waals surface area contributed by atoms with Crippen LogP contribution in [0.25, 0.3) is 0 Å². The first-order chi connectivity index (χ1) is 12.1. The quantitative estimate of drug-likeness (QED) is 0.548. The lowest BCUT2D eigenvalue weighted by molar-refractivity contribution is -0.206. The molecule has 2 heterocycles. The molecule has 2 aromatic rings. The summed E-state index contributed by atoms with van der Waals surface area (Å²) in [7, 11) is 0. The molecule has 0 aliphatic carbocycles. The van der Waals surface area contributed by atoms with Gasteiger partial charge < -0.3 is 10.4 Å². The van der Waals surface area contributed by atoms with E-state index in [2.05, 4.69) is 31.2 Å². The van der Waals surface area contributed by atoms with Gasteiger partial charge in [0.2, 0.25) is 5.95 Å². The number of halogens is 5. The van der Waals surface area contributed by atoms with E-state index in [-0.39, 0.29) is 16.9 Å². The molecule has 0 saturated heterocycles. The highest BCUT2D eigenvalue weighted by Crippen LogP contribution is 2.31. The Bertz CT molecular complexity index is 784. The summed E-state index contributed by atoms with van der Waals surface area (Å²) < 4.78 is 51.9. The lowest BCUT2D eigenvalue weighted by atomic mass is 9.95. The Balaban J connectivity index is 2.16. The van der Waals surface area contributed by atoms with Crippen molar-refractivity contribution >= 4 is 27.5 Å². The number of amides is 1. The number of anilines is 1. The molecular weight excluding hydrogens is 422 g/mol. The van der Waals surface area contributed by atoms with Crippen LogP contribution in [-0.4, -0.2) is 33.3 Å². The highest BCUT2D eigenvalue weighted by molar-refractivity contribution is 9.10. The molecule has 1 amide bonds. The number of aliphatic hydroxyl groups excluding tert-OH is 1. The molecule has 0 fully saturated rings. The standard InChI is InChI=1S/C16H14BrF4N3O2/c1-8(4-13(25)16(19,20)21)11-5-10(7-23-14(11)18)24-15(26)12-3-2-9(17)6-22-12/h2-3,5-8,13,25H,4H2,1H3,(H,24,26)/t8-,13?/m1/s1. The second-order valence-corrected chi connectivity index (χ2v) is 6.53. The van der Waals surface area contributed by atoms with E-state index in [1.54, 1.807) is 6.07 Å². The van der Waals surface area contributed by atoms with Gasteiger partial charge in [0.15, 0.2) is 0 Å². The van der Waals surface area contributed by atoms with Crippen LogP contribution >= 0.6 is 15.9 Å². The molecule has 2 N–H and O–H groups in total. The zero-order chi connectivity index (χ0) is 19.5. The van der Waals surface area contributed by atoms with E-state index < -0.39 is 36.5 Å². The maximum Gasteiger partial charge on any atom is 0.414 e. The molecule has 0 bridgehead atoms. The van der Waals surface area contributed by atoms with Gasteiger partial charge in [-0.15, -0.1) is 0 Å². The molecule has 10 heteroatoms. The normalized spacial score (nSPS) is 14.0. The van der Waals surface area contributed by atoms with Crippen LogP contribution < -0.4 is 5.32 Å². The van der Waals surface area contributed by atoms with Crippen molar-refractivity contribution in [2.45, 2.75) is 31.5 Å². The second kappa shape index (κ2) is 8.09. The van der Waals surface area contributed by atoms with Crippen molar-refractivity contribution in [1.29, 1.82) is 0 Å². The van der Waals surface area contributed by atoms with Gasteiger partial charge in [-0.05, 0) is 46.5 Å². The third kappa shape index (κ3) is 5.21. The largest absolute Gasteiger partial charge is 0.414 e. The molecule has 26 heavy (non-hydrogen) atoms. The van der Waals surface area contributed by atoms with Crippen molar-refractivity contribution in [3.05, 3.63) is 52.3 Å². The van der Waals surface area contributed by atoms with Crippen LogP contribution in [0.2, 0.25) is 0 Å². The van der Waals surface area contributed by atoms with Crippen molar-refractivity contribution in [2.75, 3.05) is 5.32 Å². The van der Waals surface area contributed by atoms with E-state index in [9.17, 15) is 22.4 Å². The van der Waals surface area contributed by atoms with E-state index in [1.165, 1.54) is 25.3 Å². The number of nitrogens with zero attached hydrogens (tertiary/aromatic N) is 2. The van der Waals surface area contributed by atoms with Crippen LogP contribution in [0.5, 0.6) is 0 Å². The molecule has 0 radical (unpaired) electrons. The maximum absolute atomic E-state index is 13.9. The van der Waals surface area contributed by atoms with Crippen LogP contribution in [-0.2, 0) is 0 Å². The summed E-state index contributed by atoms with van der Waals surface area (Å²) in [5, 5.41) is 11.6. The minimum atomic E-state index is -4.79. The maximum atomic E-state index is 13.9. The molecule has 2 aromatic heterocycles. The van der Waals surface area contributed by atoms with Gasteiger partial charge in [-0.25, -0.2) is 9.97 Å². The summed E-state index contributed by atoms with van der Waals surface area (Å²) in [6, 6.07) is 4.25. The van der Waals surface area contributed by atoms with Crippen LogP contribution in [0.15, 0.2) is 35.1 Å².